The Morgan fingerprint density at radius 2 is 2.00 bits per heavy atom. The Bertz CT molecular complexity index is 71.7. The van der Waals surface area contributed by atoms with Gasteiger partial charge in [-0.05, 0) is 25.3 Å². The first-order valence-corrected chi connectivity index (χ1v) is 4.15. The molecule has 0 saturated carbocycles. The van der Waals surface area contributed by atoms with Gasteiger partial charge in [0.25, 0.3) is 0 Å². The topological polar surface area (TPSA) is 38.0 Å². The van der Waals surface area contributed by atoms with Gasteiger partial charge in [-0.1, -0.05) is 20.8 Å². The van der Waals surface area contributed by atoms with Gasteiger partial charge in [-0.2, -0.15) is 0 Å². The molecule has 0 aliphatic carbocycles. The zero-order chi connectivity index (χ0) is 7.98. The average molecular weight is 144 g/mol. The van der Waals surface area contributed by atoms with Crippen LogP contribution in [0.4, 0.5) is 0 Å². The molecule has 10 heavy (non-hydrogen) atoms. The lowest BCUT2D eigenvalue weighted by Gasteiger charge is -2.11. The predicted octanol–water partition coefficient (Wildman–Crippen LogP) is 1.32. The van der Waals surface area contributed by atoms with Crippen molar-refractivity contribution in [3.63, 3.8) is 0 Å². The second kappa shape index (κ2) is 5.69. The highest BCUT2D eigenvalue weighted by molar-refractivity contribution is 4.56. The van der Waals surface area contributed by atoms with E-state index in [4.69, 9.17) is 5.73 Å². The third-order valence-corrected chi connectivity index (χ3v) is 1.57. The molecule has 0 aliphatic heterocycles. The molecule has 62 valence electrons. The lowest BCUT2D eigenvalue weighted by molar-refractivity contribution is 0.467. The molecule has 1 unspecified atom stereocenters. The van der Waals surface area contributed by atoms with Crippen molar-refractivity contribution in [3.8, 4) is 0 Å². The summed E-state index contributed by atoms with van der Waals surface area (Å²) in [7, 11) is 0. The quantitative estimate of drug-likeness (QED) is 0.571. The molecule has 1 atom stereocenters. The Balaban J connectivity index is 3.03. The molecule has 0 aromatic rings. The number of nitrogens with one attached hydrogen (secondary N) is 1. The van der Waals surface area contributed by atoms with Crippen LogP contribution in [0.3, 0.4) is 0 Å². The third-order valence-electron chi connectivity index (χ3n) is 1.57. The van der Waals surface area contributed by atoms with Crippen LogP contribution >= 0.6 is 0 Å². The summed E-state index contributed by atoms with van der Waals surface area (Å²) >= 11 is 0. The molecule has 0 spiro atoms. The van der Waals surface area contributed by atoms with Crippen molar-refractivity contribution in [3.05, 3.63) is 0 Å². The second-order valence-corrected chi connectivity index (χ2v) is 3.15. The number of hydrogen-bond acceptors (Lipinski definition) is 2. The molecular formula is C8H20N2. The van der Waals surface area contributed by atoms with E-state index in [9.17, 15) is 0 Å². The zero-order valence-corrected chi connectivity index (χ0v) is 7.35. The van der Waals surface area contributed by atoms with E-state index >= 15 is 0 Å². The van der Waals surface area contributed by atoms with E-state index in [0.29, 0.717) is 0 Å². The summed E-state index contributed by atoms with van der Waals surface area (Å²) in [6.07, 6.45) is 2.42. The van der Waals surface area contributed by atoms with Crippen LogP contribution < -0.4 is 11.1 Å². The third kappa shape index (κ3) is 6.05. The fraction of sp³-hybridized carbons (Fsp3) is 1.00. The Morgan fingerprint density at radius 1 is 1.40 bits per heavy atom. The first kappa shape index (κ1) is 9.92. The first-order chi connectivity index (χ1) is 4.66. The molecule has 2 heteroatoms. The molecule has 0 fully saturated rings. The molecule has 0 heterocycles. The van der Waals surface area contributed by atoms with Gasteiger partial charge in [0.1, 0.15) is 0 Å². The lowest BCUT2D eigenvalue weighted by atomic mass is 10.1. The molecule has 0 saturated heterocycles. The summed E-state index contributed by atoms with van der Waals surface area (Å²) < 4.78 is 0. The van der Waals surface area contributed by atoms with E-state index in [1.807, 2.05) is 0 Å². The van der Waals surface area contributed by atoms with Crippen molar-refractivity contribution < 1.29 is 0 Å². The minimum absolute atomic E-state index is 0.193. The van der Waals surface area contributed by atoms with Gasteiger partial charge in [-0.25, -0.2) is 0 Å². The van der Waals surface area contributed by atoms with Crippen molar-refractivity contribution in [2.24, 2.45) is 11.7 Å². The van der Waals surface area contributed by atoms with Crippen LogP contribution in [0.2, 0.25) is 0 Å². The SMILES string of the molecule is CCC(N)NCCC(C)C. The summed E-state index contributed by atoms with van der Waals surface area (Å²) in [4.78, 5) is 0. The Hall–Kier alpha value is -0.0800. The molecule has 0 radical (unpaired) electrons. The maximum absolute atomic E-state index is 5.65. The highest BCUT2D eigenvalue weighted by Gasteiger charge is 1.97. The average Bonchev–Trinajstić information content (AvgIpc) is 1.87. The van der Waals surface area contributed by atoms with Crippen LogP contribution in [-0.2, 0) is 0 Å². The smallest absolute Gasteiger partial charge is 0.0543 e. The van der Waals surface area contributed by atoms with E-state index in [-0.39, 0.29) is 6.17 Å². The Kier molecular flexibility index (Phi) is 5.64. The van der Waals surface area contributed by atoms with E-state index in [2.05, 4.69) is 26.1 Å². The minimum atomic E-state index is 0.193. The van der Waals surface area contributed by atoms with Gasteiger partial charge in [0.15, 0.2) is 0 Å². The Labute approximate surface area is 64.2 Å². The minimum Gasteiger partial charge on any atom is -0.316 e. The van der Waals surface area contributed by atoms with Crippen LogP contribution in [-0.4, -0.2) is 12.7 Å². The Morgan fingerprint density at radius 3 is 2.40 bits per heavy atom. The van der Waals surface area contributed by atoms with Gasteiger partial charge < -0.3 is 11.1 Å². The molecule has 0 rings (SSSR count). The maximum atomic E-state index is 5.65. The summed E-state index contributed by atoms with van der Waals surface area (Å²) in [6.45, 7) is 7.58. The lowest BCUT2D eigenvalue weighted by Crippen LogP contribution is -2.37. The van der Waals surface area contributed by atoms with E-state index in [1.165, 1.54) is 6.42 Å². The van der Waals surface area contributed by atoms with Crippen molar-refractivity contribution in [2.75, 3.05) is 6.54 Å². The highest BCUT2D eigenvalue weighted by Crippen LogP contribution is 1.96. The van der Waals surface area contributed by atoms with Crippen molar-refractivity contribution in [1.82, 2.24) is 5.32 Å². The molecule has 0 bridgehead atoms. The van der Waals surface area contributed by atoms with Crippen molar-refractivity contribution in [2.45, 2.75) is 39.8 Å². The predicted molar refractivity (Wildman–Crippen MR) is 45.7 cm³/mol. The summed E-state index contributed by atoms with van der Waals surface area (Å²) in [5.74, 6) is 0.775. The number of nitrogens with two attached hydrogens (primary N) is 1. The molecule has 0 aromatic heterocycles. The second-order valence-electron chi connectivity index (χ2n) is 3.15. The van der Waals surface area contributed by atoms with Gasteiger partial charge >= 0.3 is 0 Å². The van der Waals surface area contributed by atoms with Gasteiger partial charge in [-0.3, -0.25) is 0 Å². The standard InChI is InChI=1S/C8H20N2/c1-4-8(9)10-6-5-7(2)3/h7-8,10H,4-6,9H2,1-3H3. The fourth-order valence-corrected chi connectivity index (χ4v) is 0.702. The fourth-order valence-electron chi connectivity index (χ4n) is 0.702. The van der Waals surface area contributed by atoms with E-state index in [0.717, 1.165) is 18.9 Å². The number of rotatable bonds is 5. The van der Waals surface area contributed by atoms with Gasteiger partial charge in [0.2, 0.25) is 0 Å². The molecule has 0 aromatic carbocycles. The zero-order valence-electron chi connectivity index (χ0n) is 7.35. The summed E-state index contributed by atoms with van der Waals surface area (Å²) in [6, 6.07) is 0. The van der Waals surface area contributed by atoms with Crippen molar-refractivity contribution >= 4 is 0 Å². The van der Waals surface area contributed by atoms with Crippen LogP contribution in [0, 0.1) is 5.92 Å². The summed E-state index contributed by atoms with van der Waals surface area (Å²) in [5.41, 5.74) is 5.65. The molecule has 0 aliphatic rings. The molecule has 0 amide bonds. The van der Waals surface area contributed by atoms with Crippen LogP contribution in [0.1, 0.15) is 33.6 Å². The molecular weight excluding hydrogens is 124 g/mol. The largest absolute Gasteiger partial charge is 0.316 e. The highest BCUT2D eigenvalue weighted by atomic mass is 15.0. The molecule has 2 nitrogen and oxygen atoms in total. The first-order valence-electron chi connectivity index (χ1n) is 4.15. The van der Waals surface area contributed by atoms with Gasteiger partial charge in [0.05, 0.1) is 6.17 Å². The summed E-state index contributed by atoms with van der Waals surface area (Å²) in [5, 5.41) is 3.24. The maximum Gasteiger partial charge on any atom is 0.0543 e. The monoisotopic (exact) mass is 144 g/mol. The normalized spacial score (nSPS) is 14.1. The molecule has 3 N–H and O–H groups in total. The van der Waals surface area contributed by atoms with Crippen LogP contribution in [0.5, 0.6) is 0 Å². The number of hydrogen-bond donors (Lipinski definition) is 2. The van der Waals surface area contributed by atoms with Gasteiger partial charge in [0, 0.05) is 0 Å². The van der Waals surface area contributed by atoms with E-state index < -0.39 is 0 Å². The van der Waals surface area contributed by atoms with Crippen molar-refractivity contribution in [1.29, 1.82) is 0 Å². The van der Waals surface area contributed by atoms with Crippen LogP contribution in [0.15, 0.2) is 0 Å². The van der Waals surface area contributed by atoms with E-state index in [1.54, 1.807) is 0 Å². The van der Waals surface area contributed by atoms with Crippen LogP contribution in [0.25, 0.3) is 0 Å². The van der Waals surface area contributed by atoms with Gasteiger partial charge in [-0.15, -0.1) is 0 Å².